The lowest BCUT2D eigenvalue weighted by molar-refractivity contribution is -0.127. The summed E-state index contributed by atoms with van der Waals surface area (Å²) in [6, 6.07) is 11.8. The molecule has 1 aliphatic heterocycles. The number of carbonyl (C=O) groups excluding carboxylic acids is 2. The van der Waals surface area contributed by atoms with Crippen molar-refractivity contribution in [3.63, 3.8) is 0 Å². The van der Waals surface area contributed by atoms with Gasteiger partial charge in [0.1, 0.15) is 11.3 Å². The normalized spacial score (nSPS) is 17.1. The summed E-state index contributed by atoms with van der Waals surface area (Å²) in [6.45, 7) is 4.96. The Kier molecular flexibility index (Phi) is 5.75. The molecule has 6 heteroatoms. The number of carbonyl (C=O) groups is 2. The van der Waals surface area contributed by atoms with Crippen LogP contribution in [-0.4, -0.2) is 43.0 Å². The van der Waals surface area contributed by atoms with Crippen LogP contribution < -0.4 is 15.0 Å². The van der Waals surface area contributed by atoms with E-state index in [-0.39, 0.29) is 18.4 Å². The van der Waals surface area contributed by atoms with E-state index in [4.69, 9.17) is 4.74 Å². The van der Waals surface area contributed by atoms with Crippen LogP contribution in [0, 0.1) is 13.8 Å². The Morgan fingerprint density at radius 1 is 1.16 bits per heavy atom. The highest BCUT2D eigenvalue weighted by molar-refractivity contribution is 6.15. The molecule has 0 bridgehead atoms. The zero-order chi connectivity index (χ0) is 22.2. The Labute approximate surface area is 184 Å². The largest absolute Gasteiger partial charge is 0.496 e. The van der Waals surface area contributed by atoms with Gasteiger partial charge in [0.05, 0.1) is 25.0 Å². The van der Waals surface area contributed by atoms with E-state index in [1.165, 1.54) is 0 Å². The van der Waals surface area contributed by atoms with E-state index in [1.807, 2.05) is 50.1 Å². The summed E-state index contributed by atoms with van der Waals surface area (Å²) in [6.07, 6.45) is 3.33. The third-order valence-corrected chi connectivity index (χ3v) is 6.51. The number of anilines is 2. The van der Waals surface area contributed by atoms with E-state index < -0.39 is 5.54 Å². The lowest BCUT2D eigenvalue weighted by Crippen LogP contribution is -2.62. The maximum absolute atomic E-state index is 13.6. The van der Waals surface area contributed by atoms with Gasteiger partial charge in [-0.05, 0) is 62.6 Å². The summed E-state index contributed by atoms with van der Waals surface area (Å²) >= 11 is 0. The summed E-state index contributed by atoms with van der Waals surface area (Å²) in [7, 11) is 3.63. The van der Waals surface area contributed by atoms with Crippen LogP contribution in [0.15, 0.2) is 36.4 Å². The number of fused-ring (bicyclic) bond motifs is 1. The fourth-order valence-electron chi connectivity index (χ4n) is 5.25. The molecule has 31 heavy (non-hydrogen) atoms. The lowest BCUT2D eigenvalue weighted by atomic mass is 9.89. The van der Waals surface area contributed by atoms with Crippen molar-refractivity contribution in [1.82, 2.24) is 4.90 Å². The van der Waals surface area contributed by atoms with Crippen molar-refractivity contribution in [1.29, 1.82) is 0 Å². The monoisotopic (exact) mass is 421 g/mol. The van der Waals surface area contributed by atoms with Crippen molar-refractivity contribution in [3.8, 4) is 5.75 Å². The highest BCUT2D eigenvalue weighted by Gasteiger charge is 2.52. The maximum atomic E-state index is 13.6. The molecule has 0 radical (unpaired) electrons. The van der Waals surface area contributed by atoms with Crippen LogP contribution >= 0.6 is 0 Å². The highest BCUT2D eigenvalue weighted by Crippen LogP contribution is 2.45. The lowest BCUT2D eigenvalue weighted by Gasteiger charge is -2.44. The van der Waals surface area contributed by atoms with Crippen molar-refractivity contribution in [2.45, 2.75) is 51.6 Å². The van der Waals surface area contributed by atoms with Gasteiger partial charge in [-0.2, -0.15) is 0 Å². The SMILES string of the molecule is COc1c(C)cc(CN(C)CC(=O)N2c3ccccc3NC(=O)C23CCCC3)cc1C. The first kappa shape index (κ1) is 21.4. The molecule has 2 aromatic carbocycles. The van der Waals surface area contributed by atoms with E-state index >= 15 is 0 Å². The van der Waals surface area contributed by atoms with E-state index in [9.17, 15) is 9.59 Å². The van der Waals surface area contributed by atoms with Gasteiger partial charge in [0, 0.05) is 6.54 Å². The number of nitrogens with zero attached hydrogens (tertiary/aromatic N) is 2. The third kappa shape index (κ3) is 3.81. The highest BCUT2D eigenvalue weighted by atomic mass is 16.5. The van der Waals surface area contributed by atoms with Crippen LogP contribution in [0.1, 0.15) is 42.4 Å². The number of hydrogen-bond donors (Lipinski definition) is 1. The molecular formula is C25H31N3O3. The molecular weight excluding hydrogens is 390 g/mol. The second-order valence-electron chi connectivity index (χ2n) is 8.87. The van der Waals surface area contributed by atoms with Crippen molar-refractivity contribution in [3.05, 3.63) is 53.1 Å². The number of likely N-dealkylation sites (N-methyl/N-ethyl adjacent to an activating group) is 1. The molecule has 0 unspecified atom stereocenters. The fraction of sp³-hybridized carbons (Fsp3) is 0.440. The smallest absolute Gasteiger partial charge is 0.250 e. The van der Waals surface area contributed by atoms with Crippen LogP contribution in [0.2, 0.25) is 0 Å². The minimum Gasteiger partial charge on any atom is -0.496 e. The Hall–Kier alpha value is -2.86. The molecule has 1 fully saturated rings. The van der Waals surface area contributed by atoms with Gasteiger partial charge >= 0.3 is 0 Å². The van der Waals surface area contributed by atoms with Crippen molar-refractivity contribution in [2.75, 3.05) is 30.9 Å². The number of para-hydroxylation sites is 2. The molecule has 1 N–H and O–H groups in total. The van der Waals surface area contributed by atoms with Crippen molar-refractivity contribution < 1.29 is 14.3 Å². The zero-order valence-corrected chi connectivity index (χ0v) is 18.8. The maximum Gasteiger partial charge on any atom is 0.250 e. The first-order valence-electron chi connectivity index (χ1n) is 10.9. The second kappa shape index (κ2) is 8.35. The molecule has 0 atom stereocenters. The molecule has 0 aromatic heterocycles. The van der Waals surface area contributed by atoms with Crippen molar-refractivity contribution in [2.24, 2.45) is 0 Å². The predicted octanol–water partition coefficient (Wildman–Crippen LogP) is 4.04. The average molecular weight is 422 g/mol. The zero-order valence-electron chi connectivity index (χ0n) is 18.8. The Morgan fingerprint density at radius 3 is 2.45 bits per heavy atom. The molecule has 2 amide bonds. The Morgan fingerprint density at radius 2 is 1.81 bits per heavy atom. The quantitative estimate of drug-likeness (QED) is 0.791. The summed E-state index contributed by atoms with van der Waals surface area (Å²) in [5, 5.41) is 3.04. The summed E-state index contributed by atoms with van der Waals surface area (Å²) < 4.78 is 5.46. The van der Waals surface area contributed by atoms with E-state index in [1.54, 1.807) is 12.0 Å². The van der Waals surface area contributed by atoms with Crippen LogP contribution in [0.3, 0.4) is 0 Å². The molecule has 1 aliphatic carbocycles. The Bertz CT molecular complexity index is 988. The topological polar surface area (TPSA) is 61.9 Å². The molecule has 2 aliphatic rings. The van der Waals surface area contributed by atoms with Crippen LogP contribution in [0.25, 0.3) is 0 Å². The van der Waals surface area contributed by atoms with Gasteiger partial charge in [-0.25, -0.2) is 0 Å². The molecule has 164 valence electrons. The summed E-state index contributed by atoms with van der Waals surface area (Å²) in [5.41, 5.74) is 4.06. The van der Waals surface area contributed by atoms with Gasteiger partial charge in [0.15, 0.2) is 0 Å². The average Bonchev–Trinajstić information content (AvgIpc) is 3.19. The number of rotatable bonds is 5. The molecule has 1 heterocycles. The number of ether oxygens (including phenoxy) is 1. The predicted molar refractivity (Wildman–Crippen MR) is 123 cm³/mol. The molecule has 6 nitrogen and oxygen atoms in total. The van der Waals surface area contributed by atoms with E-state index in [2.05, 4.69) is 17.4 Å². The molecule has 4 rings (SSSR count). The van der Waals surface area contributed by atoms with Gasteiger partial charge in [0.25, 0.3) is 5.91 Å². The minimum atomic E-state index is -0.764. The van der Waals surface area contributed by atoms with E-state index in [0.29, 0.717) is 25.1 Å². The first-order valence-corrected chi connectivity index (χ1v) is 10.9. The molecule has 1 saturated carbocycles. The molecule has 2 aromatic rings. The van der Waals surface area contributed by atoms with Gasteiger partial charge in [-0.15, -0.1) is 0 Å². The van der Waals surface area contributed by atoms with Crippen molar-refractivity contribution >= 4 is 23.2 Å². The number of methoxy groups -OCH3 is 1. The summed E-state index contributed by atoms with van der Waals surface area (Å²) in [5.74, 6) is 0.816. The minimum absolute atomic E-state index is 0.0337. The summed E-state index contributed by atoms with van der Waals surface area (Å²) in [4.78, 5) is 30.5. The number of benzene rings is 2. The first-order chi connectivity index (χ1) is 14.9. The molecule has 1 spiro atoms. The number of aryl methyl sites for hydroxylation is 2. The fourth-order valence-corrected chi connectivity index (χ4v) is 5.25. The van der Waals surface area contributed by atoms with Crippen LogP contribution in [-0.2, 0) is 16.1 Å². The van der Waals surface area contributed by atoms with Gasteiger partial charge in [-0.3, -0.25) is 19.4 Å². The van der Waals surface area contributed by atoms with Gasteiger partial charge < -0.3 is 10.1 Å². The second-order valence-corrected chi connectivity index (χ2v) is 8.87. The van der Waals surface area contributed by atoms with E-state index in [0.717, 1.165) is 41.0 Å². The number of hydrogen-bond acceptors (Lipinski definition) is 4. The number of amides is 2. The number of nitrogens with one attached hydrogen (secondary N) is 1. The molecule has 0 saturated heterocycles. The van der Waals surface area contributed by atoms with Crippen LogP contribution in [0.4, 0.5) is 11.4 Å². The standard InChI is InChI=1S/C25H31N3O3/c1-17-13-19(14-18(2)23(17)31-4)15-27(3)16-22(29)28-21-10-6-5-9-20(21)26-24(30)25(28)11-7-8-12-25/h5-6,9-10,13-14H,7-8,11-12,15-16H2,1-4H3,(H,26,30). The third-order valence-electron chi connectivity index (χ3n) is 6.51. The van der Waals surface area contributed by atoms with Crippen LogP contribution in [0.5, 0.6) is 5.75 Å². The Balaban J connectivity index is 1.57. The van der Waals surface area contributed by atoms with Gasteiger partial charge in [-0.1, -0.05) is 37.1 Å². The van der Waals surface area contributed by atoms with Gasteiger partial charge in [0.2, 0.25) is 5.91 Å².